The SMILES string of the molecule is CC(C)c1ccc([C@](O)(c2cncc(-c3noc(C4CC(O)C4)n3)c2)C2(C)CN(C)C2)cc1. The Morgan fingerprint density at radius 2 is 1.82 bits per heavy atom. The molecular weight excluding hydrogens is 416 g/mol. The Kier molecular flexibility index (Phi) is 5.39. The van der Waals surface area contributed by atoms with E-state index in [1.54, 1.807) is 12.4 Å². The third kappa shape index (κ3) is 3.68. The number of pyridine rings is 1. The topological polar surface area (TPSA) is 95.5 Å². The average Bonchev–Trinajstić information content (AvgIpc) is 3.25. The standard InChI is InChI=1S/C26H32N4O3/c1-16(2)17-5-7-20(8-6-17)26(32,25(3)14-30(4)15-25)21-9-19(12-27-13-21)23-28-24(33-29-23)18-10-22(31)11-18/h5-9,12-13,16,18,22,31-32H,10-11,14-15H2,1-4H3/t18?,22?,26-/m0/s1. The number of hydrogen-bond donors (Lipinski definition) is 2. The van der Waals surface area contributed by atoms with Crippen molar-refractivity contribution in [3.63, 3.8) is 0 Å². The van der Waals surface area contributed by atoms with Crippen molar-refractivity contribution >= 4 is 0 Å². The van der Waals surface area contributed by atoms with E-state index in [1.165, 1.54) is 5.56 Å². The van der Waals surface area contributed by atoms with Crippen molar-refractivity contribution < 1.29 is 14.7 Å². The highest BCUT2D eigenvalue weighted by molar-refractivity contribution is 5.56. The number of rotatable bonds is 6. The van der Waals surface area contributed by atoms with Crippen molar-refractivity contribution in [1.82, 2.24) is 20.0 Å². The smallest absolute Gasteiger partial charge is 0.230 e. The Labute approximate surface area is 194 Å². The van der Waals surface area contributed by atoms with E-state index in [4.69, 9.17) is 4.52 Å². The molecule has 0 radical (unpaired) electrons. The maximum Gasteiger partial charge on any atom is 0.230 e. The molecule has 2 aliphatic rings. The van der Waals surface area contributed by atoms with E-state index in [0.717, 1.165) is 24.2 Å². The minimum absolute atomic E-state index is 0.109. The fourth-order valence-corrected chi connectivity index (χ4v) is 5.41. The summed E-state index contributed by atoms with van der Waals surface area (Å²) in [7, 11) is 2.07. The van der Waals surface area contributed by atoms with E-state index in [-0.39, 0.29) is 17.4 Å². The first-order valence-corrected chi connectivity index (χ1v) is 11.7. The molecule has 0 unspecified atom stereocenters. The zero-order valence-corrected chi connectivity index (χ0v) is 19.7. The molecule has 33 heavy (non-hydrogen) atoms. The Balaban J connectivity index is 1.54. The molecule has 1 aliphatic heterocycles. The zero-order valence-electron chi connectivity index (χ0n) is 19.7. The van der Waals surface area contributed by atoms with Crippen LogP contribution in [0.15, 0.2) is 47.2 Å². The fourth-order valence-electron chi connectivity index (χ4n) is 5.41. The second-order valence-corrected chi connectivity index (χ2v) is 10.5. The number of aliphatic hydroxyl groups is 2. The third-order valence-electron chi connectivity index (χ3n) is 7.42. The molecule has 5 rings (SSSR count). The molecule has 1 saturated carbocycles. The van der Waals surface area contributed by atoms with Gasteiger partial charge in [0.2, 0.25) is 11.7 Å². The van der Waals surface area contributed by atoms with Gasteiger partial charge in [0.15, 0.2) is 0 Å². The molecular formula is C26H32N4O3. The van der Waals surface area contributed by atoms with Crippen LogP contribution in [0.2, 0.25) is 0 Å². The molecule has 174 valence electrons. The van der Waals surface area contributed by atoms with E-state index >= 15 is 0 Å². The van der Waals surface area contributed by atoms with Gasteiger partial charge in [-0.3, -0.25) is 4.98 Å². The Morgan fingerprint density at radius 1 is 1.12 bits per heavy atom. The molecule has 1 aliphatic carbocycles. The van der Waals surface area contributed by atoms with Crippen LogP contribution in [0.4, 0.5) is 0 Å². The summed E-state index contributed by atoms with van der Waals surface area (Å²) in [5, 5.41) is 26.1. The summed E-state index contributed by atoms with van der Waals surface area (Å²) in [5.74, 6) is 1.53. The van der Waals surface area contributed by atoms with Crippen molar-refractivity contribution in [3.05, 3.63) is 65.3 Å². The highest BCUT2D eigenvalue weighted by Gasteiger charge is 2.55. The maximum absolute atomic E-state index is 12.4. The summed E-state index contributed by atoms with van der Waals surface area (Å²) in [6.07, 6.45) is 4.46. The molecule has 3 heterocycles. The predicted molar refractivity (Wildman–Crippen MR) is 125 cm³/mol. The number of aliphatic hydroxyl groups excluding tert-OH is 1. The van der Waals surface area contributed by atoms with Gasteiger partial charge in [0.25, 0.3) is 0 Å². The van der Waals surface area contributed by atoms with E-state index in [9.17, 15) is 10.2 Å². The van der Waals surface area contributed by atoms with E-state index in [2.05, 4.69) is 60.0 Å². The molecule has 1 saturated heterocycles. The molecule has 7 heteroatoms. The van der Waals surface area contributed by atoms with Crippen LogP contribution in [-0.4, -0.2) is 56.5 Å². The van der Waals surface area contributed by atoms with Crippen LogP contribution < -0.4 is 0 Å². The van der Waals surface area contributed by atoms with Gasteiger partial charge in [-0.1, -0.05) is 50.2 Å². The van der Waals surface area contributed by atoms with Gasteiger partial charge in [-0.15, -0.1) is 0 Å². The summed E-state index contributed by atoms with van der Waals surface area (Å²) < 4.78 is 5.46. The Bertz CT molecular complexity index is 1130. The van der Waals surface area contributed by atoms with Gasteiger partial charge in [-0.05, 0) is 43.0 Å². The van der Waals surface area contributed by atoms with Crippen LogP contribution in [-0.2, 0) is 5.60 Å². The van der Waals surface area contributed by atoms with Gasteiger partial charge >= 0.3 is 0 Å². The number of nitrogens with zero attached hydrogens (tertiary/aromatic N) is 4. The second-order valence-electron chi connectivity index (χ2n) is 10.5. The molecule has 2 aromatic heterocycles. The predicted octanol–water partition coefficient (Wildman–Crippen LogP) is 3.68. The summed E-state index contributed by atoms with van der Waals surface area (Å²) in [6.45, 7) is 8.01. The quantitative estimate of drug-likeness (QED) is 0.594. The first kappa shape index (κ1) is 22.2. The molecule has 1 atom stereocenters. The number of hydrogen-bond acceptors (Lipinski definition) is 7. The van der Waals surface area contributed by atoms with Gasteiger partial charge < -0.3 is 19.6 Å². The lowest BCUT2D eigenvalue weighted by atomic mass is 9.62. The summed E-state index contributed by atoms with van der Waals surface area (Å²) in [5.41, 5.74) is 1.94. The van der Waals surface area contributed by atoms with Crippen LogP contribution in [0.5, 0.6) is 0 Å². The van der Waals surface area contributed by atoms with Crippen molar-refractivity contribution in [2.75, 3.05) is 20.1 Å². The largest absolute Gasteiger partial charge is 0.393 e. The van der Waals surface area contributed by atoms with Gasteiger partial charge in [-0.2, -0.15) is 4.98 Å². The van der Waals surface area contributed by atoms with Crippen molar-refractivity contribution in [1.29, 1.82) is 0 Å². The molecule has 7 nitrogen and oxygen atoms in total. The molecule has 0 bridgehead atoms. The highest BCUT2D eigenvalue weighted by atomic mass is 16.5. The first-order valence-electron chi connectivity index (χ1n) is 11.7. The van der Waals surface area contributed by atoms with Crippen molar-refractivity contribution in [2.45, 2.75) is 57.2 Å². The first-order chi connectivity index (χ1) is 15.7. The number of likely N-dealkylation sites (tertiary alicyclic amines) is 1. The van der Waals surface area contributed by atoms with Gasteiger partial charge in [0, 0.05) is 47.9 Å². The fraction of sp³-hybridized carbons (Fsp3) is 0.500. The minimum Gasteiger partial charge on any atom is -0.393 e. The lowest BCUT2D eigenvalue weighted by Crippen LogP contribution is -2.63. The second kappa shape index (κ2) is 8.01. The van der Waals surface area contributed by atoms with Gasteiger partial charge in [-0.25, -0.2) is 0 Å². The Hall–Kier alpha value is -2.61. The molecule has 1 aromatic carbocycles. The molecule has 3 aromatic rings. The van der Waals surface area contributed by atoms with Crippen LogP contribution in [0.3, 0.4) is 0 Å². The highest BCUT2D eigenvalue weighted by Crippen LogP contribution is 2.50. The Morgan fingerprint density at radius 3 is 2.42 bits per heavy atom. The van der Waals surface area contributed by atoms with Crippen LogP contribution >= 0.6 is 0 Å². The lowest BCUT2D eigenvalue weighted by molar-refractivity contribution is -0.127. The summed E-state index contributed by atoms with van der Waals surface area (Å²) >= 11 is 0. The van der Waals surface area contributed by atoms with Crippen LogP contribution in [0.25, 0.3) is 11.4 Å². The van der Waals surface area contributed by atoms with Crippen LogP contribution in [0, 0.1) is 5.41 Å². The lowest BCUT2D eigenvalue weighted by Gasteiger charge is -2.55. The molecule has 2 N–H and O–H groups in total. The maximum atomic E-state index is 12.4. The number of aromatic nitrogens is 3. The van der Waals surface area contributed by atoms with Gasteiger partial charge in [0.05, 0.1) is 6.10 Å². The summed E-state index contributed by atoms with van der Waals surface area (Å²) in [4.78, 5) is 11.2. The number of benzene rings is 1. The van der Waals surface area contributed by atoms with E-state index in [1.807, 2.05) is 18.2 Å². The van der Waals surface area contributed by atoms with Crippen molar-refractivity contribution in [3.8, 4) is 11.4 Å². The van der Waals surface area contributed by atoms with Gasteiger partial charge in [0.1, 0.15) is 5.60 Å². The normalized spacial score (nSPS) is 24.2. The van der Waals surface area contributed by atoms with Crippen molar-refractivity contribution in [2.24, 2.45) is 5.41 Å². The zero-order chi connectivity index (χ0) is 23.4. The van der Waals surface area contributed by atoms with Crippen LogP contribution in [0.1, 0.15) is 68.0 Å². The minimum atomic E-state index is -1.22. The summed E-state index contributed by atoms with van der Waals surface area (Å²) in [6, 6.07) is 10.2. The monoisotopic (exact) mass is 448 g/mol. The molecule has 2 fully saturated rings. The van der Waals surface area contributed by atoms with E-state index < -0.39 is 5.60 Å². The molecule has 0 amide bonds. The average molecular weight is 449 g/mol. The molecule has 0 spiro atoms. The van der Waals surface area contributed by atoms with E-state index in [0.29, 0.717) is 36.0 Å². The third-order valence-corrected chi connectivity index (χ3v) is 7.42.